The zero-order chi connectivity index (χ0) is 12.5. The molecule has 94 valence electrons. The van der Waals surface area contributed by atoms with Crippen LogP contribution in [0.1, 0.15) is 0 Å². The molecule has 0 unspecified atom stereocenters. The SMILES string of the molecule is CS(=O)(=O)N1CCN(c2ncncc2I)CC1. The molecule has 2 rings (SSSR count). The third-order valence-electron chi connectivity index (χ3n) is 2.66. The van der Waals surface area contributed by atoms with Crippen molar-refractivity contribution in [1.82, 2.24) is 14.3 Å². The van der Waals surface area contributed by atoms with E-state index in [0.29, 0.717) is 26.2 Å². The molecule has 1 fully saturated rings. The van der Waals surface area contributed by atoms with Crippen LogP contribution in [0.2, 0.25) is 0 Å². The number of rotatable bonds is 2. The molecule has 17 heavy (non-hydrogen) atoms. The summed E-state index contributed by atoms with van der Waals surface area (Å²) in [5.74, 6) is 0.883. The lowest BCUT2D eigenvalue weighted by Gasteiger charge is -2.34. The van der Waals surface area contributed by atoms with E-state index in [9.17, 15) is 8.42 Å². The molecule has 6 nitrogen and oxygen atoms in total. The third kappa shape index (κ3) is 3.05. The molecule has 1 aliphatic heterocycles. The third-order valence-corrected chi connectivity index (χ3v) is 4.72. The molecule has 0 N–H and O–H groups in total. The van der Waals surface area contributed by atoms with Gasteiger partial charge in [0.2, 0.25) is 10.0 Å². The number of hydrogen-bond acceptors (Lipinski definition) is 5. The van der Waals surface area contributed by atoms with Crippen molar-refractivity contribution >= 4 is 38.4 Å². The zero-order valence-electron chi connectivity index (χ0n) is 9.37. The van der Waals surface area contributed by atoms with Gasteiger partial charge in [0.25, 0.3) is 0 Å². The van der Waals surface area contributed by atoms with Crippen LogP contribution in [0.3, 0.4) is 0 Å². The van der Waals surface area contributed by atoms with Crippen LogP contribution in [0, 0.1) is 3.57 Å². The van der Waals surface area contributed by atoms with Gasteiger partial charge in [-0.05, 0) is 22.6 Å². The van der Waals surface area contributed by atoms with Crippen LogP contribution < -0.4 is 4.90 Å². The Kier molecular flexibility index (Phi) is 3.83. The topological polar surface area (TPSA) is 66.4 Å². The second-order valence-electron chi connectivity index (χ2n) is 3.84. The molecule has 8 heteroatoms. The van der Waals surface area contributed by atoms with Gasteiger partial charge in [0.15, 0.2) is 0 Å². The monoisotopic (exact) mass is 368 g/mol. The fourth-order valence-electron chi connectivity index (χ4n) is 1.77. The first kappa shape index (κ1) is 13.0. The Morgan fingerprint density at radius 3 is 2.47 bits per heavy atom. The fraction of sp³-hybridized carbons (Fsp3) is 0.556. The molecule has 0 spiro atoms. The fourth-order valence-corrected chi connectivity index (χ4v) is 3.24. The molecule has 1 saturated heterocycles. The van der Waals surface area contributed by atoms with Crippen molar-refractivity contribution in [3.05, 3.63) is 16.1 Å². The van der Waals surface area contributed by atoms with Crippen LogP contribution >= 0.6 is 22.6 Å². The maximum Gasteiger partial charge on any atom is 0.211 e. The smallest absolute Gasteiger partial charge is 0.211 e. The largest absolute Gasteiger partial charge is 0.353 e. The molecule has 2 heterocycles. The van der Waals surface area contributed by atoms with E-state index in [1.165, 1.54) is 16.9 Å². The van der Waals surface area contributed by atoms with Crippen molar-refractivity contribution in [2.24, 2.45) is 0 Å². The van der Waals surface area contributed by atoms with Gasteiger partial charge < -0.3 is 4.90 Å². The lowest BCUT2D eigenvalue weighted by molar-refractivity contribution is 0.386. The normalized spacial score (nSPS) is 18.4. The second kappa shape index (κ2) is 5.02. The van der Waals surface area contributed by atoms with Crippen LogP contribution in [0.15, 0.2) is 12.5 Å². The minimum absolute atomic E-state index is 0.513. The molecule has 0 aromatic carbocycles. The van der Waals surface area contributed by atoms with Crippen LogP contribution in [0.25, 0.3) is 0 Å². The number of hydrogen-bond donors (Lipinski definition) is 0. The van der Waals surface area contributed by atoms with Gasteiger partial charge in [-0.2, -0.15) is 4.31 Å². The summed E-state index contributed by atoms with van der Waals surface area (Å²) in [5.41, 5.74) is 0. The molecule has 0 atom stereocenters. The molecule has 1 aromatic rings. The van der Waals surface area contributed by atoms with Gasteiger partial charge >= 0.3 is 0 Å². The summed E-state index contributed by atoms with van der Waals surface area (Å²) in [6, 6.07) is 0. The first-order valence-corrected chi connectivity index (χ1v) is 8.07. The van der Waals surface area contributed by atoms with Crippen LogP contribution in [-0.4, -0.2) is 55.1 Å². The molecular formula is C9H13IN4O2S. The maximum absolute atomic E-state index is 11.4. The van der Waals surface area contributed by atoms with Gasteiger partial charge in [0.1, 0.15) is 12.1 Å². The Labute approximate surface area is 114 Å². The summed E-state index contributed by atoms with van der Waals surface area (Å²) < 4.78 is 25.2. The van der Waals surface area contributed by atoms with Gasteiger partial charge in [0.05, 0.1) is 9.83 Å². The van der Waals surface area contributed by atoms with Crippen LogP contribution in [0.4, 0.5) is 5.82 Å². The van der Waals surface area contributed by atoms with Gasteiger partial charge in [-0.15, -0.1) is 0 Å². The van der Waals surface area contributed by atoms with Crippen molar-refractivity contribution < 1.29 is 8.42 Å². The molecule has 0 amide bonds. The molecular weight excluding hydrogens is 355 g/mol. The van der Waals surface area contributed by atoms with E-state index in [-0.39, 0.29) is 0 Å². The Balaban J connectivity index is 2.08. The number of aromatic nitrogens is 2. The minimum Gasteiger partial charge on any atom is -0.353 e. The van der Waals surface area contributed by atoms with Crippen LogP contribution in [-0.2, 0) is 10.0 Å². The maximum atomic E-state index is 11.4. The quantitative estimate of drug-likeness (QED) is 0.696. The Morgan fingerprint density at radius 1 is 1.29 bits per heavy atom. The van der Waals surface area contributed by atoms with E-state index >= 15 is 0 Å². The van der Waals surface area contributed by atoms with E-state index in [2.05, 4.69) is 37.5 Å². The predicted octanol–water partition coefficient (Wildman–Crippen LogP) is 0.163. The first-order chi connectivity index (χ1) is 7.98. The molecule has 0 radical (unpaired) electrons. The zero-order valence-corrected chi connectivity index (χ0v) is 12.3. The second-order valence-corrected chi connectivity index (χ2v) is 6.99. The van der Waals surface area contributed by atoms with E-state index in [1.807, 2.05) is 0 Å². The Bertz CT molecular complexity index is 499. The van der Waals surface area contributed by atoms with Gasteiger partial charge in [0, 0.05) is 32.4 Å². The summed E-state index contributed by atoms with van der Waals surface area (Å²) in [7, 11) is -3.07. The van der Waals surface area contributed by atoms with Gasteiger partial charge in [-0.1, -0.05) is 0 Å². The number of nitrogens with zero attached hydrogens (tertiary/aromatic N) is 4. The highest BCUT2D eigenvalue weighted by atomic mass is 127. The van der Waals surface area contributed by atoms with E-state index in [4.69, 9.17) is 0 Å². The Morgan fingerprint density at radius 2 is 1.94 bits per heavy atom. The lowest BCUT2D eigenvalue weighted by atomic mass is 10.3. The highest BCUT2D eigenvalue weighted by molar-refractivity contribution is 14.1. The van der Waals surface area contributed by atoms with E-state index < -0.39 is 10.0 Å². The van der Waals surface area contributed by atoms with Crippen molar-refractivity contribution in [3.63, 3.8) is 0 Å². The summed E-state index contributed by atoms with van der Waals surface area (Å²) in [5, 5.41) is 0. The summed E-state index contributed by atoms with van der Waals surface area (Å²) in [6.45, 7) is 2.36. The van der Waals surface area contributed by atoms with E-state index in [0.717, 1.165) is 9.39 Å². The summed E-state index contributed by atoms with van der Waals surface area (Å²) >= 11 is 2.19. The standard InChI is InChI=1S/C9H13IN4O2S/c1-17(15,16)14-4-2-13(3-5-14)9-8(10)6-11-7-12-9/h6-7H,2-5H2,1H3. The first-order valence-electron chi connectivity index (χ1n) is 5.14. The average Bonchev–Trinajstić information content (AvgIpc) is 2.29. The summed E-state index contributed by atoms with van der Waals surface area (Å²) in [4.78, 5) is 10.3. The van der Waals surface area contributed by atoms with Crippen molar-refractivity contribution in [2.45, 2.75) is 0 Å². The van der Waals surface area contributed by atoms with Crippen molar-refractivity contribution in [2.75, 3.05) is 37.3 Å². The lowest BCUT2D eigenvalue weighted by Crippen LogP contribution is -2.48. The van der Waals surface area contributed by atoms with Gasteiger partial charge in [-0.25, -0.2) is 18.4 Å². The molecule has 1 aliphatic rings. The molecule has 1 aromatic heterocycles. The number of halogens is 1. The molecule has 0 bridgehead atoms. The highest BCUT2D eigenvalue weighted by Gasteiger charge is 2.24. The van der Waals surface area contributed by atoms with E-state index in [1.54, 1.807) is 6.20 Å². The minimum atomic E-state index is -3.07. The number of piperazine rings is 1. The molecule has 0 aliphatic carbocycles. The predicted molar refractivity (Wildman–Crippen MR) is 73.4 cm³/mol. The number of anilines is 1. The summed E-state index contributed by atoms with van der Waals surface area (Å²) in [6.07, 6.45) is 4.52. The van der Waals surface area contributed by atoms with Gasteiger partial charge in [-0.3, -0.25) is 0 Å². The number of sulfonamides is 1. The van der Waals surface area contributed by atoms with Crippen LogP contribution in [0.5, 0.6) is 0 Å². The van der Waals surface area contributed by atoms with Crippen molar-refractivity contribution in [3.8, 4) is 0 Å². The average molecular weight is 368 g/mol. The Hall–Kier alpha value is -0.480. The van der Waals surface area contributed by atoms with Crippen molar-refractivity contribution in [1.29, 1.82) is 0 Å². The molecule has 0 saturated carbocycles. The highest BCUT2D eigenvalue weighted by Crippen LogP contribution is 2.20.